The van der Waals surface area contributed by atoms with E-state index in [4.69, 9.17) is 4.74 Å². The van der Waals surface area contributed by atoms with Crippen LogP contribution in [0, 0.1) is 5.92 Å². The molecule has 1 atom stereocenters. The second-order valence-corrected chi connectivity index (χ2v) is 8.02. The maximum atomic E-state index is 12.0. The van der Waals surface area contributed by atoms with Crippen LogP contribution in [0.5, 0.6) is 0 Å². The normalized spacial score (nSPS) is 18.9. The molecule has 1 rings (SSSR count). The van der Waals surface area contributed by atoms with Crippen molar-refractivity contribution in [2.45, 2.75) is 40.0 Å². The molecule has 0 aromatic rings. The van der Waals surface area contributed by atoms with E-state index in [9.17, 15) is 13.2 Å². The van der Waals surface area contributed by atoms with Crippen LogP contribution in [0.2, 0.25) is 0 Å². The number of carbonyl (C=O) groups excluding carboxylic acids is 1. The third-order valence-electron chi connectivity index (χ3n) is 3.97. The van der Waals surface area contributed by atoms with E-state index < -0.39 is 10.0 Å². The standard InChI is InChI=1S/C16H32N4O4S/c1-4-17-16(18-10-8-11-19-25(22,23)6-3)20-12-7-9-14(13-20)15(21)24-5-2/h14,19H,4-13H2,1-3H3,(H,17,18). The number of aliphatic imine (C=N–C) groups is 1. The summed E-state index contributed by atoms with van der Waals surface area (Å²) in [5.74, 6) is 0.600. The van der Waals surface area contributed by atoms with Gasteiger partial charge in [0.1, 0.15) is 0 Å². The summed E-state index contributed by atoms with van der Waals surface area (Å²) in [6, 6.07) is 0. The van der Waals surface area contributed by atoms with Crippen molar-refractivity contribution >= 4 is 22.0 Å². The van der Waals surface area contributed by atoms with E-state index in [2.05, 4.69) is 19.9 Å². The lowest BCUT2D eigenvalue weighted by atomic mass is 9.98. The van der Waals surface area contributed by atoms with Crippen molar-refractivity contribution in [2.24, 2.45) is 10.9 Å². The molecule has 1 aliphatic rings. The van der Waals surface area contributed by atoms with Crippen molar-refractivity contribution in [1.82, 2.24) is 14.9 Å². The lowest BCUT2D eigenvalue weighted by Crippen LogP contribution is -2.48. The van der Waals surface area contributed by atoms with Crippen LogP contribution in [0.25, 0.3) is 0 Å². The summed E-state index contributed by atoms with van der Waals surface area (Å²) in [6.07, 6.45) is 2.39. The van der Waals surface area contributed by atoms with Gasteiger partial charge in [-0.3, -0.25) is 9.79 Å². The molecule has 1 heterocycles. The lowest BCUT2D eigenvalue weighted by Gasteiger charge is -2.34. The molecule has 1 saturated heterocycles. The summed E-state index contributed by atoms with van der Waals surface area (Å²) in [7, 11) is -3.15. The molecule has 8 nitrogen and oxygen atoms in total. The van der Waals surface area contributed by atoms with Crippen LogP contribution >= 0.6 is 0 Å². The Labute approximate surface area is 151 Å². The molecule has 146 valence electrons. The molecule has 2 N–H and O–H groups in total. The first-order valence-electron chi connectivity index (χ1n) is 9.10. The Hall–Kier alpha value is -1.35. The Morgan fingerprint density at radius 2 is 2.08 bits per heavy atom. The molecule has 1 unspecified atom stereocenters. The van der Waals surface area contributed by atoms with E-state index in [1.807, 2.05) is 13.8 Å². The van der Waals surface area contributed by atoms with Gasteiger partial charge in [0, 0.05) is 32.7 Å². The van der Waals surface area contributed by atoms with Gasteiger partial charge in [0.2, 0.25) is 10.0 Å². The first-order chi connectivity index (χ1) is 11.9. The minimum atomic E-state index is -3.15. The average Bonchev–Trinajstić information content (AvgIpc) is 2.61. The molecule has 0 aliphatic carbocycles. The van der Waals surface area contributed by atoms with Crippen molar-refractivity contribution in [2.75, 3.05) is 45.1 Å². The molecule has 0 amide bonds. The zero-order valence-electron chi connectivity index (χ0n) is 15.6. The van der Waals surface area contributed by atoms with Gasteiger partial charge in [0.05, 0.1) is 18.3 Å². The van der Waals surface area contributed by atoms with Crippen molar-refractivity contribution < 1.29 is 17.9 Å². The number of hydrogen-bond acceptors (Lipinski definition) is 5. The highest BCUT2D eigenvalue weighted by atomic mass is 32.2. The number of rotatable bonds is 9. The molecule has 0 bridgehead atoms. The second-order valence-electron chi connectivity index (χ2n) is 5.92. The van der Waals surface area contributed by atoms with E-state index in [0.29, 0.717) is 32.7 Å². The fraction of sp³-hybridized carbons (Fsp3) is 0.875. The Morgan fingerprint density at radius 3 is 2.72 bits per heavy atom. The fourth-order valence-electron chi connectivity index (χ4n) is 2.64. The van der Waals surface area contributed by atoms with Gasteiger partial charge in [-0.25, -0.2) is 13.1 Å². The number of likely N-dealkylation sites (tertiary alicyclic amines) is 1. The molecule has 1 fully saturated rings. The second kappa shape index (κ2) is 11.3. The van der Waals surface area contributed by atoms with E-state index >= 15 is 0 Å². The highest BCUT2D eigenvalue weighted by molar-refractivity contribution is 7.89. The van der Waals surface area contributed by atoms with Crippen molar-refractivity contribution in [3.8, 4) is 0 Å². The minimum Gasteiger partial charge on any atom is -0.466 e. The van der Waals surface area contributed by atoms with Gasteiger partial charge < -0.3 is 15.0 Å². The van der Waals surface area contributed by atoms with Gasteiger partial charge in [-0.2, -0.15) is 0 Å². The van der Waals surface area contributed by atoms with Crippen LogP contribution in [0.1, 0.15) is 40.0 Å². The first kappa shape index (κ1) is 21.7. The Morgan fingerprint density at radius 1 is 1.32 bits per heavy atom. The summed E-state index contributed by atoms with van der Waals surface area (Å²) in [4.78, 5) is 18.6. The largest absolute Gasteiger partial charge is 0.466 e. The predicted octanol–water partition coefficient (Wildman–Crippen LogP) is 0.556. The number of carbonyl (C=O) groups is 1. The molecule has 9 heteroatoms. The third kappa shape index (κ3) is 8.04. The highest BCUT2D eigenvalue weighted by Crippen LogP contribution is 2.18. The van der Waals surface area contributed by atoms with Crippen molar-refractivity contribution in [3.05, 3.63) is 0 Å². The van der Waals surface area contributed by atoms with Gasteiger partial charge in [-0.1, -0.05) is 0 Å². The van der Waals surface area contributed by atoms with E-state index in [1.54, 1.807) is 6.92 Å². The molecule has 0 saturated carbocycles. The maximum Gasteiger partial charge on any atom is 0.310 e. The minimum absolute atomic E-state index is 0.0853. The van der Waals surface area contributed by atoms with E-state index in [1.165, 1.54) is 0 Å². The Kier molecular flexibility index (Phi) is 9.81. The van der Waals surface area contributed by atoms with E-state index in [0.717, 1.165) is 31.9 Å². The molecule has 0 spiro atoms. The highest BCUT2D eigenvalue weighted by Gasteiger charge is 2.28. The number of hydrogen-bond donors (Lipinski definition) is 2. The number of guanidine groups is 1. The molecular weight excluding hydrogens is 344 g/mol. The topological polar surface area (TPSA) is 100 Å². The zero-order chi connectivity index (χ0) is 18.7. The Balaban J connectivity index is 2.55. The maximum absolute atomic E-state index is 12.0. The van der Waals surface area contributed by atoms with Crippen molar-refractivity contribution in [3.63, 3.8) is 0 Å². The molecule has 0 aromatic heterocycles. The number of nitrogens with zero attached hydrogens (tertiary/aromatic N) is 2. The summed E-state index contributed by atoms with van der Waals surface area (Å²) in [5, 5.41) is 3.25. The monoisotopic (exact) mass is 376 g/mol. The molecule has 1 aliphatic heterocycles. The van der Waals surface area contributed by atoms with Crippen LogP contribution in [0.4, 0.5) is 0 Å². The number of sulfonamides is 1. The summed E-state index contributed by atoms with van der Waals surface area (Å²) < 4.78 is 30.4. The SMILES string of the molecule is CCNC(=NCCCNS(=O)(=O)CC)N1CCCC(C(=O)OCC)C1. The summed E-state index contributed by atoms with van der Waals surface area (Å²) in [5.41, 5.74) is 0. The fourth-order valence-corrected chi connectivity index (χ4v) is 3.30. The smallest absolute Gasteiger partial charge is 0.310 e. The van der Waals surface area contributed by atoms with Crippen LogP contribution in [0.3, 0.4) is 0 Å². The van der Waals surface area contributed by atoms with Gasteiger partial charge in [-0.05, 0) is 40.0 Å². The number of piperidine rings is 1. The van der Waals surface area contributed by atoms with Crippen LogP contribution in [0.15, 0.2) is 4.99 Å². The number of nitrogens with one attached hydrogen (secondary N) is 2. The quantitative estimate of drug-likeness (QED) is 0.264. The van der Waals surface area contributed by atoms with Crippen molar-refractivity contribution in [1.29, 1.82) is 0 Å². The molecular formula is C16H32N4O4S. The van der Waals surface area contributed by atoms with Gasteiger partial charge >= 0.3 is 5.97 Å². The average molecular weight is 377 g/mol. The van der Waals surface area contributed by atoms with Crippen LogP contribution < -0.4 is 10.0 Å². The molecule has 25 heavy (non-hydrogen) atoms. The first-order valence-corrected chi connectivity index (χ1v) is 10.8. The number of esters is 1. The lowest BCUT2D eigenvalue weighted by molar-refractivity contribution is -0.149. The molecule has 0 radical (unpaired) electrons. The summed E-state index contributed by atoms with van der Waals surface area (Å²) >= 11 is 0. The predicted molar refractivity (Wildman–Crippen MR) is 99.0 cm³/mol. The van der Waals surface area contributed by atoms with Crippen LogP contribution in [-0.2, 0) is 19.6 Å². The van der Waals surface area contributed by atoms with E-state index in [-0.39, 0.29) is 17.6 Å². The zero-order valence-corrected chi connectivity index (χ0v) is 16.4. The molecule has 0 aromatic carbocycles. The third-order valence-corrected chi connectivity index (χ3v) is 5.38. The van der Waals surface area contributed by atoms with Crippen LogP contribution in [-0.4, -0.2) is 70.3 Å². The summed E-state index contributed by atoms with van der Waals surface area (Å²) in [6.45, 7) is 8.92. The van der Waals surface area contributed by atoms with Gasteiger partial charge in [0.15, 0.2) is 5.96 Å². The number of ether oxygens (including phenoxy) is 1. The Bertz CT molecular complexity index is 536. The van der Waals surface area contributed by atoms with Gasteiger partial charge in [-0.15, -0.1) is 0 Å². The van der Waals surface area contributed by atoms with Gasteiger partial charge in [0.25, 0.3) is 0 Å².